The summed E-state index contributed by atoms with van der Waals surface area (Å²) >= 11 is 0. The maximum Gasteiger partial charge on any atom is 0.237 e. The Labute approximate surface area is 197 Å². The molecule has 4 rings (SSSR count). The first kappa shape index (κ1) is 25.9. The van der Waals surface area contributed by atoms with Crippen molar-refractivity contribution in [1.82, 2.24) is 15.5 Å². The highest BCUT2D eigenvalue weighted by Gasteiger charge is 2.30. The molecular weight excluding hydrogens is 438 g/mol. The fourth-order valence-corrected chi connectivity index (χ4v) is 4.17. The second kappa shape index (κ2) is 11.5. The Morgan fingerprint density at radius 1 is 1.23 bits per heavy atom. The molecule has 2 N–H and O–H groups in total. The van der Waals surface area contributed by atoms with Crippen molar-refractivity contribution in [3.63, 3.8) is 0 Å². The summed E-state index contributed by atoms with van der Waals surface area (Å²) in [5, 5.41) is 6.05. The van der Waals surface area contributed by atoms with Crippen LogP contribution in [0.25, 0.3) is 6.08 Å². The molecule has 0 spiro atoms. The molecule has 2 aliphatic heterocycles. The summed E-state index contributed by atoms with van der Waals surface area (Å²) in [6.07, 6.45) is 6.40. The average Bonchev–Trinajstić information content (AvgIpc) is 3.45. The lowest BCUT2D eigenvalue weighted by Gasteiger charge is -2.34. The first-order chi connectivity index (χ1) is 14.0. The first-order valence-corrected chi connectivity index (χ1v) is 10.9. The van der Waals surface area contributed by atoms with Gasteiger partial charge in [0.05, 0.1) is 12.1 Å². The number of nitrogens with zero attached hydrogens (tertiary/aromatic N) is 2. The number of carbonyl (C=O) groups is 1. The third-order valence-electron chi connectivity index (χ3n) is 6.33. The highest BCUT2D eigenvalue weighted by atomic mass is 35.5. The van der Waals surface area contributed by atoms with Gasteiger partial charge in [-0.15, -0.1) is 24.8 Å². The van der Waals surface area contributed by atoms with Crippen LogP contribution < -0.4 is 15.5 Å². The van der Waals surface area contributed by atoms with E-state index in [4.69, 9.17) is 0 Å². The summed E-state index contributed by atoms with van der Waals surface area (Å²) in [6.45, 7) is 6.49. The van der Waals surface area contributed by atoms with E-state index in [2.05, 4.69) is 57.8 Å². The summed E-state index contributed by atoms with van der Waals surface area (Å²) in [5.41, 5.74) is 3.53. The van der Waals surface area contributed by atoms with E-state index in [0.29, 0.717) is 5.92 Å². The minimum Gasteiger partial charge on any atom is -0.369 e. The Hall–Kier alpha value is -1.34. The molecule has 5 nitrogen and oxygen atoms in total. The summed E-state index contributed by atoms with van der Waals surface area (Å²) in [7, 11) is 2.17. The monoisotopic (exact) mass is 472 g/mol. The number of alkyl halides is 1. The Balaban J connectivity index is 0.00000171. The highest BCUT2D eigenvalue weighted by molar-refractivity contribution is 5.85. The number of hydrogen-bond donors (Lipinski definition) is 2. The van der Waals surface area contributed by atoms with Crippen molar-refractivity contribution in [2.75, 3.05) is 44.7 Å². The van der Waals surface area contributed by atoms with Crippen LogP contribution in [-0.2, 0) is 4.79 Å². The zero-order valence-corrected chi connectivity index (χ0v) is 20.0. The molecule has 2 heterocycles. The van der Waals surface area contributed by atoms with Gasteiger partial charge in [-0.2, -0.15) is 0 Å². The summed E-state index contributed by atoms with van der Waals surface area (Å²) in [6, 6.07) is 6.02. The van der Waals surface area contributed by atoms with Crippen LogP contribution in [0.3, 0.4) is 0 Å². The van der Waals surface area contributed by atoms with Crippen molar-refractivity contribution in [1.29, 1.82) is 0 Å². The van der Waals surface area contributed by atoms with Crippen molar-refractivity contribution in [3.8, 4) is 0 Å². The van der Waals surface area contributed by atoms with E-state index in [1.807, 2.05) is 6.92 Å². The fraction of sp³-hybridized carbons (Fsp3) is 0.609. The van der Waals surface area contributed by atoms with Crippen LogP contribution in [0.5, 0.6) is 0 Å². The predicted molar refractivity (Wildman–Crippen MR) is 130 cm³/mol. The number of rotatable bonds is 6. The lowest BCUT2D eigenvalue weighted by atomic mass is 9.98. The number of carbonyl (C=O) groups excluding carboxylic acids is 1. The van der Waals surface area contributed by atoms with Gasteiger partial charge in [-0.3, -0.25) is 4.79 Å². The van der Waals surface area contributed by atoms with Crippen molar-refractivity contribution in [2.45, 2.75) is 44.4 Å². The number of amides is 1. The minimum absolute atomic E-state index is 0. The molecule has 0 bridgehead atoms. The first-order valence-electron chi connectivity index (χ1n) is 10.9. The van der Waals surface area contributed by atoms with E-state index in [0.717, 1.165) is 31.7 Å². The Morgan fingerprint density at radius 3 is 2.55 bits per heavy atom. The molecule has 3 fully saturated rings. The van der Waals surface area contributed by atoms with Gasteiger partial charge in [-0.05, 0) is 56.0 Å². The van der Waals surface area contributed by atoms with Gasteiger partial charge in [-0.1, -0.05) is 18.2 Å². The zero-order valence-electron chi connectivity index (χ0n) is 18.4. The standard InChI is InChI=1S/C23H33FN4O.2ClH/c1-16(26-23(29)22-14-19(24)15-25-22)21-8-7-20(28-11-9-27(2)10-12-28)13-18(21)6-5-17-3-4-17;;/h5-8,13,16-17,19,22,25H,3-4,9-12,14-15H2,1-2H3,(H,26,29);2*1H/b6-5+;;/t16-,19+,22-;;/m0../s1. The lowest BCUT2D eigenvalue weighted by molar-refractivity contribution is -0.123. The molecule has 174 valence electrons. The van der Waals surface area contributed by atoms with Gasteiger partial charge in [0, 0.05) is 44.8 Å². The summed E-state index contributed by atoms with van der Waals surface area (Å²) in [4.78, 5) is 17.3. The van der Waals surface area contributed by atoms with Crippen LogP contribution in [-0.4, -0.2) is 62.8 Å². The Morgan fingerprint density at radius 2 is 1.94 bits per heavy atom. The van der Waals surface area contributed by atoms with Gasteiger partial charge >= 0.3 is 0 Å². The van der Waals surface area contributed by atoms with E-state index in [1.54, 1.807) is 0 Å². The van der Waals surface area contributed by atoms with E-state index >= 15 is 0 Å². The molecule has 1 amide bonds. The molecule has 1 aromatic rings. The number of allylic oxidation sites excluding steroid dienone is 1. The molecule has 0 unspecified atom stereocenters. The molecule has 31 heavy (non-hydrogen) atoms. The number of piperazine rings is 1. The SMILES string of the molecule is C[C@H](NC(=O)[C@@H]1C[C@@H](F)CN1)c1ccc(N2CCN(C)CC2)cc1/C=C/C1CC1.Cl.Cl. The number of nitrogens with one attached hydrogen (secondary N) is 2. The van der Waals surface area contributed by atoms with Gasteiger partial charge in [0.15, 0.2) is 0 Å². The summed E-state index contributed by atoms with van der Waals surface area (Å²) < 4.78 is 13.4. The second-order valence-corrected chi connectivity index (χ2v) is 8.82. The maximum absolute atomic E-state index is 13.4. The smallest absolute Gasteiger partial charge is 0.237 e. The Kier molecular flexibility index (Phi) is 9.62. The fourth-order valence-electron chi connectivity index (χ4n) is 4.17. The van der Waals surface area contributed by atoms with Crippen LogP contribution in [0.15, 0.2) is 24.3 Å². The van der Waals surface area contributed by atoms with Crippen molar-refractivity contribution in [3.05, 3.63) is 35.4 Å². The number of anilines is 1. The number of likely N-dealkylation sites (N-methyl/N-ethyl adjacent to an activating group) is 1. The lowest BCUT2D eigenvalue weighted by Crippen LogP contribution is -2.44. The average molecular weight is 473 g/mol. The van der Waals surface area contributed by atoms with Crippen molar-refractivity contribution in [2.24, 2.45) is 5.92 Å². The van der Waals surface area contributed by atoms with Gasteiger partial charge in [0.1, 0.15) is 6.17 Å². The molecule has 1 aliphatic carbocycles. The topological polar surface area (TPSA) is 47.6 Å². The maximum atomic E-state index is 13.4. The third-order valence-corrected chi connectivity index (χ3v) is 6.33. The third kappa shape index (κ3) is 6.82. The predicted octanol–water partition coefficient (Wildman–Crippen LogP) is 3.58. The van der Waals surface area contributed by atoms with E-state index in [-0.39, 0.29) is 49.7 Å². The quantitative estimate of drug-likeness (QED) is 0.663. The normalized spacial score (nSPS) is 25.1. The molecule has 8 heteroatoms. The molecule has 1 saturated carbocycles. The zero-order chi connectivity index (χ0) is 20.4. The molecule has 0 aromatic heterocycles. The van der Waals surface area contributed by atoms with Crippen LogP contribution in [0, 0.1) is 5.92 Å². The molecule has 1 aromatic carbocycles. The minimum atomic E-state index is -0.930. The van der Waals surface area contributed by atoms with Crippen molar-refractivity contribution >= 4 is 42.5 Å². The largest absolute Gasteiger partial charge is 0.369 e. The van der Waals surface area contributed by atoms with Crippen molar-refractivity contribution < 1.29 is 9.18 Å². The molecular formula is C23H35Cl2FN4O. The number of halogens is 3. The van der Waals surface area contributed by atoms with Crippen LogP contribution >= 0.6 is 24.8 Å². The van der Waals surface area contributed by atoms with E-state index < -0.39 is 12.2 Å². The summed E-state index contributed by atoms with van der Waals surface area (Å²) in [5.74, 6) is 0.585. The molecule has 3 aliphatic rings. The van der Waals surface area contributed by atoms with Crippen LogP contribution in [0.2, 0.25) is 0 Å². The number of benzene rings is 1. The molecule has 2 saturated heterocycles. The molecule has 0 radical (unpaired) electrons. The highest BCUT2D eigenvalue weighted by Crippen LogP contribution is 2.33. The van der Waals surface area contributed by atoms with E-state index in [1.165, 1.54) is 24.1 Å². The van der Waals surface area contributed by atoms with Gasteiger partial charge in [-0.25, -0.2) is 4.39 Å². The van der Waals surface area contributed by atoms with Crippen LogP contribution in [0.4, 0.5) is 10.1 Å². The van der Waals surface area contributed by atoms with Crippen LogP contribution in [0.1, 0.15) is 43.4 Å². The van der Waals surface area contributed by atoms with Gasteiger partial charge < -0.3 is 20.4 Å². The molecule has 3 atom stereocenters. The van der Waals surface area contributed by atoms with Gasteiger partial charge in [0.2, 0.25) is 5.91 Å². The van der Waals surface area contributed by atoms with Gasteiger partial charge in [0.25, 0.3) is 0 Å². The van der Waals surface area contributed by atoms with E-state index in [9.17, 15) is 9.18 Å². The number of hydrogen-bond acceptors (Lipinski definition) is 4. The second-order valence-electron chi connectivity index (χ2n) is 8.82. The Bertz CT molecular complexity index is 766.